The number of fused-ring (bicyclic) bond motifs is 1. The average molecular weight is 495 g/mol. The molecule has 2 bridgehead atoms. The van der Waals surface area contributed by atoms with Gasteiger partial charge in [-0.1, -0.05) is 24.3 Å². The van der Waals surface area contributed by atoms with E-state index >= 15 is 0 Å². The minimum atomic E-state index is -0.806. The molecule has 0 radical (unpaired) electrons. The molecule has 190 valence electrons. The van der Waals surface area contributed by atoms with E-state index in [1.54, 1.807) is 24.1 Å². The summed E-state index contributed by atoms with van der Waals surface area (Å²) in [5, 5.41) is 2.93. The fourth-order valence-electron chi connectivity index (χ4n) is 5.60. The third-order valence-corrected chi connectivity index (χ3v) is 7.43. The molecule has 3 aliphatic heterocycles. The number of amides is 2. The topological polar surface area (TPSA) is 95.6 Å². The number of anilines is 1. The summed E-state index contributed by atoms with van der Waals surface area (Å²) in [7, 11) is 6.15. The zero-order valence-corrected chi connectivity index (χ0v) is 20.9. The van der Waals surface area contributed by atoms with Gasteiger partial charge in [0, 0.05) is 17.8 Å². The van der Waals surface area contributed by atoms with Gasteiger partial charge in [0.25, 0.3) is 0 Å². The number of carbonyl (C=O) groups is 2. The number of hydrogen-bond donors (Lipinski definition) is 1. The van der Waals surface area contributed by atoms with Crippen molar-refractivity contribution in [1.29, 1.82) is 0 Å². The second-order valence-corrected chi connectivity index (χ2v) is 9.22. The van der Waals surface area contributed by atoms with E-state index in [0.29, 0.717) is 29.5 Å². The molecule has 3 aliphatic rings. The molecular weight excluding hydrogens is 464 g/mol. The second-order valence-electron chi connectivity index (χ2n) is 9.22. The maximum Gasteiger partial charge on any atom is 0.231 e. The SMILES string of the molecule is COc1ccc([C@@H](C)N2C[C@]34C=C[C@H](O3)[C@H](C(=O)Nc3cc(OC)c(OC)c(OC)c3)[C@@H]4C2=O)cc1. The van der Waals surface area contributed by atoms with Crippen LogP contribution in [-0.2, 0) is 14.3 Å². The Labute approximate surface area is 209 Å². The monoisotopic (exact) mass is 494 g/mol. The van der Waals surface area contributed by atoms with Gasteiger partial charge in [-0.3, -0.25) is 9.59 Å². The molecule has 2 aromatic rings. The fourth-order valence-corrected chi connectivity index (χ4v) is 5.60. The lowest BCUT2D eigenvalue weighted by atomic mass is 9.76. The smallest absolute Gasteiger partial charge is 0.231 e. The van der Waals surface area contributed by atoms with Gasteiger partial charge in [-0.05, 0) is 24.6 Å². The molecule has 2 amide bonds. The predicted octanol–water partition coefficient (Wildman–Crippen LogP) is 3.20. The molecule has 1 N–H and O–H groups in total. The molecule has 2 saturated heterocycles. The zero-order valence-electron chi connectivity index (χ0n) is 20.9. The van der Waals surface area contributed by atoms with E-state index in [1.807, 2.05) is 43.3 Å². The summed E-state index contributed by atoms with van der Waals surface area (Å²) in [4.78, 5) is 29.1. The molecule has 2 aromatic carbocycles. The Bertz CT molecular complexity index is 1190. The molecule has 9 nitrogen and oxygen atoms in total. The maximum absolute atomic E-state index is 13.7. The minimum Gasteiger partial charge on any atom is -0.497 e. The third-order valence-electron chi connectivity index (χ3n) is 7.43. The number of hydrogen-bond acceptors (Lipinski definition) is 7. The fraction of sp³-hybridized carbons (Fsp3) is 0.407. The largest absolute Gasteiger partial charge is 0.497 e. The normalized spacial score (nSPS) is 26.5. The molecule has 1 spiro atoms. The first kappa shape index (κ1) is 24.0. The highest BCUT2D eigenvalue weighted by atomic mass is 16.5. The number of rotatable bonds is 8. The van der Waals surface area contributed by atoms with Gasteiger partial charge in [0.05, 0.1) is 59.0 Å². The molecule has 2 fully saturated rings. The van der Waals surface area contributed by atoms with E-state index in [-0.39, 0.29) is 17.9 Å². The summed E-state index contributed by atoms with van der Waals surface area (Å²) in [6.07, 6.45) is 3.38. The Kier molecular flexibility index (Phi) is 6.04. The Morgan fingerprint density at radius 1 is 1.06 bits per heavy atom. The van der Waals surface area contributed by atoms with Crippen molar-refractivity contribution in [3.8, 4) is 23.0 Å². The van der Waals surface area contributed by atoms with E-state index in [2.05, 4.69) is 5.32 Å². The summed E-state index contributed by atoms with van der Waals surface area (Å²) < 4.78 is 27.7. The standard InChI is InChI=1S/C27H30N2O7/c1-15(16-6-8-18(32-2)9-7-16)29-14-27-11-10-19(36-27)22(23(27)26(29)31)25(30)28-17-12-20(33-3)24(35-5)21(13-17)34-4/h6-13,15,19,22-23H,14H2,1-5H3,(H,28,30)/t15-,19+,22+,23-,27+/m1/s1. The van der Waals surface area contributed by atoms with Gasteiger partial charge in [0.2, 0.25) is 17.6 Å². The second kappa shape index (κ2) is 9.05. The van der Waals surface area contributed by atoms with Crippen LogP contribution in [-0.4, -0.2) is 63.4 Å². The minimum absolute atomic E-state index is 0.0878. The Morgan fingerprint density at radius 2 is 1.72 bits per heavy atom. The highest BCUT2D eigenvalue weighted by Gasteiger charge is 2.67. The maximum atomic E-state index is 13.7. The van der Waals surface area contributed by atoms with Gasteiger partial charge in [-0.25, -0.2) is 0 Å². The summed E-state index contributed by atoms with van der Waals surface area (Å²) in [5.74, 6) is 0.381. The van der Waals surface area contributed by atoms with Gasteiger partial charge < -0.3 is 33.9 Å². The van der Waals surface area contributed by atoms with Crippen molar-refractivity contribution in [3.63, 3.8) is 0 Å². The van der Waals surface area contributed by atoms with Crippen molar-refractivity contribution in [2.45, 2.75) is 24.7 Å². The molecule has 36 heavy (non-hydrogen) atoms. The molecule has 0 aliphatic carbocycles. The predicted molar refractivity (Wildman–Crippen MR) is 132 cm³/mol. The van der Waals surface area contributed by atoms with Crippen LogP contribution in [0.25, 0.3) is 0 Å². The van der Waals surface area contributed by atoms with Crippen LogP contribution < -0.4 is 24.3 Å². The van der Waals surface area contributed by atoms with Crippen molar-refractivity contribution >= 4 is 17.5 Å². The van der Waals surface area contributed by atoms with Crippen LogP contribution in [0, 0.1) is 11.8 Å². The molecule has 0 unspecified atom stereocenters. The Balaban J connectivity index is 1.39. The zero-order chi connectivity index (χ0) is 25.6. The highest BCUT2D eigenvalue weighted by molar-refractivity contribution is 5.99. The lowest BCUT2D eigenvalue weighted by Gasteiger charge is -2.28. The van der Waals surface area contributed by atoms with Crippen LogP contribution in [0.15, 0.2) is 48.6 Å². The molecular formula is C27H30N2O7. The van der Waals surface area contributed by atoms with Crippen molar-refractivity contribution in [2.75, 3.05) is 40.3 Å². The lowest BCUT2D eigenvalue weighted by molar-refractivity contribution is -0.137. The molecule has 5 rings (SSSR count). The van der Waals surface area contributed by atoms with Crippen molar-refractivity contribution < 1.29 is 33.3 Å². The van der Waals surface area contributed by atoms with Crippen molar-refractivity contribution in [1.82, 2.24) is 4.90 Å². The molecule has 3 heterocycles. The number of nitrogens with zero attached hydrogens (tertiary/aromatic N) is 1. The van der Waals surface area contributed by atoms with E-state index in [9.17, 15) is 9.59 Å². The first-order valence-electron chi connectivity index (χ1n) is 11.8. The number of carbonyl (C=O) groups excluding carboxylic acids is 2. The number of ether oxygens (including phenoxy) is 5. The summed E-state index contributed by atoms with van der Waals surface area (Å²) >= 11 is 0. The Hall–Kier alpha value is -3.72. The summed E-state index contributed by atoms with van der Waals surface area (Å²) in [6, 6.07) is 10.8. The van der Waals surface area contributed by atoms with Gasteiger partial charge in [0.1, 0.15) is 11.4 Å². The van der Waals surface area contributed by atoms with Crippen LogP contribution in [0.3, 0.4) is 0 Å². The molecule has 0 aromatic heterocycles. The van der Waals surface area contributed by atoms with Crippen LogP contribution >= 0.6 is 0 Å². The van der Waals surface area contributed by atoms with Crippen LogP contribution in [0.2, 0.25) is 0 Å². The van der Waals surface area contributed by atoms with Crippen molar-refractivity contribution in [3.05, 3.63) is 54.1 Å². The third kappa shape index (κ3) is 3.65. The van der Waals surface area contributed by atoms with Crippen LogP contribution in [0.1, 0.15) is 18.5 Å². The van der Waals surface area contributed by atoms with Crippen molar-refractivity contribution in [2.24, 2.45) is 11.8 Å². The number of benzene rings is 2. The molecule has 5 atom stereocenters. The van der Waals surface area contributed by atoms with E-state index in [4.69, 9.17) is 23.7 Å². The van der Waals surface area contributed by atoms with E-state index in [0.717, 1.165) is 11.3 Å². The first-order valence-corrected chi connectivity index (χ1v) is 11.8. The first-order chi connectivity index (χ1) is 17.4. The Morgan fingerprint density at radius 3 is 2.31 bits per heavy atom. The number of likely N-dealkylation sites (tertiary alicyclic amines) is 1. The van der Waals surface area contributed by atoms with Gasteiger partial charge in [-0.15, -0.1) is 0 Å². The highest BCUT2D eigenvalue weighted by Crippen LogP contribution is 2.53. The van der Waals surface area contributed by atoms with E-state index in [1.165, 1.54) is 21.3 Å². The average Bonchev–Trinajstić information content (AvgIpc) is 3.55. The van der Waals surface area contributed by atoms with E-state index < -0.39 is 23.5 Å². The summed E-state index contributed by atoms with van der Waals surface area (Å²) in [6.45, 7) is 2.38. The number of nitrogens with one attached hydrogen (secondary N) is 1. The molecule has 9 heteroatoms. The van der Waals surface area contributed by atoms with Gasteiger partial charge in [0.15, 0.2) is 11.5 Å². The van der Waals surface area contributed by atoms with Crippen LogP contribution in [0.4, 0.5) is 5.69 Å². The summed E-state index contributed by atoms with van der Waals surface area (Å²) in [5.41, 5.74) is 0.654. The van der Waals surface area contributed by atoms with Crippen LogP contribution in [0.5, 0.6) is 23.0 Å². The number of methoxy groups -OCH3 is 4. The van der Waals surface area contributed by atoms with Gasteiger partial charge >= 0.3 is 0 Å². The molecule has 0 saturated carbocycles. The van der Waals surface area contributed by atoms with Gasteiger partial charge in [-0.2, -0.15) is 0 Å². The lowest BCUT2D eigenvalue weighted by Crippen LogP contribution is -2.41. The quantitative estimate of drug-likeness (QED) is 0.563.